The van der Waals surface area contributed by atoms with E-state index in [1.54, 1.807) is 6.92 Å². The summed E-state index contributed by atoms with van der Waals surface area (Å²) in [5.41, 5.74) is 1.36. The highest BCUT2D eigenvalue weighted by Gasteiger charge is 2.22. The number of aromatic nitrogens is 2. The van der Waals surface area contributed by atoms with Gasteiger partial charge in [-0.15, -0.1) is 5.10 Å². The predicted molar refractivity (Wildman–Crippen MR) is 80.5 cm³/mol. The Hall–Kier alpha value is -1.70. The number of aromatic carboxylic acids is 1. The highest BCUT2D eigenvalue weighted by molar-refractivity contribution is 7.90. The van der Waals surface area contributed by atoms with Crippen molar-refractivity contribution in [2.45, 2.75) is 39.7 Å². The number of nitrogens with zero attached hydrogens (tertiary/aromatic N) is 2. The molecule has 1 heterocycles. The van der Waals surface area contributed by atoms with Gasteiger partial charge in [0.25, 0.3) is 0 Å². The average molecular weight is 315 g/mol. The van der Waals surface area contributed by atoms with Crippen molar-refractivity contribution in [3.63, 3.8) is 0 Å². The Morgan fingerprint density at radius 1 is 1.29 bits per heavy atom. The number of anilines is 1. The Kier molecular flexibility index (Phi) is 5.65. The third-order valence-corrected chi connectivity index (χ3v) is 4.10. The van der Waals surface area contributed by atoms with Crippen molar-refractivity contribution in [1.82, 2.24) is 10.2 Å². The molecule has 0 spiro atoms. The summed E-state index contributed by atoms with van der Waals surface area (Å²) in [6.07, 6.45) is 2.25. The van der Waals surface area contributed by atoms with Gasteiger partial charge in [-0.3, -0.25) is 0 Å². The van der Waals surface area contributed by atoms with E-state index in [4.69, 9.17) is 0 Å². The van der Waals surface area contributed by atoms with Gasteiger partial charge in [-0.1, -0.05) is 13.8 Å². The summed E-state index contributed by atoms with van der Waals surface area (Å²) in [6, 6.07) is -0.454. The van der Waals surface area contributed by atoms with E-state index >= 15 is 0 Å². The number of nitrogens with one attached hydrogen (secondary N) is 1. The fraction of sp³-hybridized carbons (Fsp3) is 0.615. The smallest absolute Gasteiger partial charge is 0.339 e. The van der Waals surface area contributed by atoms with E-state index in [-0.39, 0.29) is 17.1 Å². The van der Waals surface area contributed by atoms with Gasteiger partial charge in [0.1, 0.15) is 15.4 Å². The summed E-state index contributed by atoms with van der Waals surface area (Å²) in [4.78, 5) is 11.5. The lowest BCUT2D eigenvalue weighted by atomic mass is 10.0. The molecule has 1 unspecified atom stereocenters. The van der Waals surface area contributed by atoms with Crippen LogP contribution in [0.1, 0.15) is 42.4 Å². The van der Waals surface area contributed by atoms with Crippen molar-refractivity contribution >= 4 is 21.6 Å². The first-order valence-electron chi connectivity index (χ1n) is 6.75. The molecule has 8 heteroatoms. The van der Waals surface area contributed by atoms with E-state index in [1.807, 2.05) is 13.8 Å². The Morgan fingerprint density at radius 2 is 1.90 bits per heavy atom. The van der Waals surface area contributed by atoms with Crippen LogP contribution in [0, 0.1) is 0 Å². The van der Waals surface area contributed by atoms with Crippen molar-refractivity contribution < 1.29 is 18.3 Å². The van der Waals surface area contributed by atoms with Gasteiger partial charge in [0, 0.05) is 12.3 Å². The van der Waals surface area contributed by atoms with Crippen LogP contribution in [0.25, 0.3) is 0 Å². The van der Waals surface area contributed by atoms with Crippen molar-refractivity contribution in [1.29, 1.82) is 0 Å². The fourth-order valence-corrected chi connectivity index (χ4v) is 3.23. The molecule has 0 saturated heterocycles. The van der Waals surface area contributed by atoms with Crippen LogP contribution in [-0.2, 0) is 22.7 Å². The third-order valence-electron chi connectivity index (χ3n) is 3.00. The minimum Gasteiger partial charge on any atom is -0.478 e. The predicted octanol–water partition coefficient (Wildman–Crippen LogP) is 1.14. The minimum atomic E-state index is -3.16. The number of aryl methyl sites for hydroxylation is 1. The maximum atomic E-state index is 11.5. The van der Waals surface area contributed by atoms with Gasteiger partial charge in [-0.05, 0) is 25.3 Å². The summed E-state index contributed by atoms with van der Waals surface area (Å²) in [5, 5.41) is 20.2. The summed E-state index contributed by atoms with van der Waals surface area (Å²) >= 11 is 0. The monoisotopic (exact) mass is 315 g/mol. The molecule has 118 valence electrons. The van der Waals surface area contributed by atoms with Crippen LogP contribution in [-0.4, -0.2) is 47.7 Å². The number of carboxylic acid groups (broad SMARTS) is 1. The standard InChI is InChI=1S/C13H21N3O4S/c1-5-9-10(6-2)15-16-12(11(9)13(17)18)14-8(3)7-21(4,19)20/h8H,5-7H2,1-4H3,(H,14,16)(H,17,18). The van der Waals surface area contributed by atoms with Gasteiger partial charge in [0.2, 0.25) is 0 Å². The number of hydrogen-bond acceptors (Lipinski definition) is 6. The van der Waals surface area contributed by atoms with Crippen LogP contribution in [0.2, 0.25) is 0 Å². The molecule has 1 aromatic heterocycles. The lowest BCUT2D eigenvalue weighted by Gasteiger charge is -2.17. The normalized spacial score (nSPS) is 13.0. The molecule has 0 aromatic carbocycles. The molecule has 0 aliphatic heterocycles. The zero-order valence-electron chi connectivity index (χ0n) is 12.7. The number of carboxylic acids is 1. The highest BCUT2D eigenvalue weighted by atomic mass is 32.2. The van der Waals surface area contributed by atoms with Crippen molar-refractivity contribution in [2.75, 3.05) is 17.3 Å². The molecule has 1 aromatic rings. The number of sulfone groups is 1. The molecular formula is C13H21N3O4S. The van der Waals surface area contributed by atoms with Gasteiger partial charge in [-0.25, -0.2) is 13.2 Å². The molecule has 0 amide bonds. The quantitative estimate of drug-likeness (QED) is 0.776. The molecule has 2 N–H and O–H groups in total. The van der Waals surface area contributed by atoms with E-state index in [0.29, 0.717) is 24.1 Å². The van der Waals surface area contributed by atoms with E-state index in [2.05, 4.69) is 15.5 Å². The first-order valence-corrected chi connectivity index (χ1v) is 8.81. The third kappa shape index (κ3) is 4.66. The number of hydrogen-bond donors (Lipinski definition) is 2. The lowest BCUT2D eigenvalue weighted by Crippen LogP contribution is -2.27. The second kappa shape index (κ2) is 6.84. The van der Waals surface area contributed by atoms with Crippen molar-refractivity contribution in [3.8, 4) is 0 Å². The maximum Gasteiger partial charge on any atom is 0.339 e. The second-order valence-corrected chi connectivity index (χ2v) is 7.18. The first-order chi connectivity index (χ1) is 9.69. The van der Waals surface area contributed by atoms with Crippen LogP contribution in [0.15, 0.2) is 0 Å². The Bertz CT molecular complexity index is 629. The summed E-state index contributed by atoms with van der Waals surface area (Å²) in [5.74, 6) is -1.08. The lowest BCUT2D eigenvalue weighted by molar-refractivity contribution is 0.0696. The highest BCUT2D eigenvalue weighted by Crippen LogP contribution is 2.21. The number of carbonyl (C=O) groups is 1. The Balaban J connectivity index is 3.21. The average Bonchev–Trinajstić information content (AvgIpc) is 2.35. The van der Waals surface area contributed by atoms with E-state index in [9.17, 15) is 18.3 Å². The molecule has 0 fully saturated rings. The molecule has 0 saturated carbocycles. The summed E-state index contributed by atoms with van der Waals surface area (Å²) in [6.45, 7) is 5.40. The fourth-order valence-electron chi connectivity index (χ4n) is 2.23. The van der Waals surface area contributed by atoms with Gasteiger partial charge in [0.15, 0.2) is 5.82 Å². The minimum absolute atomic E-state index is 0.0738. The summed E-state index contributed by atoms with van der Waals surface area (Å²) < 4.78 is 22.6. The largest absolute Gasteiger partial charge is 0.478 e. The zero-order valence-corrected chi connectivity index (χ0v) is 13.5. The molecule has 0 bridgehead atoms. The maximum absolute atomic E-state index is 11.5. The van der Waals surface area contributed by atoms with Gasteiger partial charge in [-0.2, -0.15) is 5.10 Å². The summed E-state index contributed by atoms with van der Waals surface area (Å²) in [7, 11) is -3.16. The van der Waals surface area contributed by atoms with Gasteiger partial charge in [0.05, 0.1) is 11.4 Å². The topological polar surface area (TPSA) is 109 Å². The Morgan fingerprint density at radius 3 is 2.33 bits per heavy atom. The van der Waals surface area contributed by atoms with Crippen LogP contribution < -0.4 is 5.32 Å². The van der Waals surface area contributed by atoms with E-state index in [1.165, 1.54) is 0 Å². The second-order valence-electron chi connectivity index (χ2n) is 5.00. The van der Waals surface area contributed by atoms with E-state index < -0.39 is 21.8 Å². The molecule has 0 aliphatic rings. The van der Waals surface area contributed by atoms with Gasteiger partial charge >= 0.3 is 5.97 Å². The van der Waals surface area contributed by atoms with Crippen LogP contribution in [0.5, 0.6) is 0 Å². The van der Waals surface area contributed by atoms with Crippen LogP contribution >= 0.6 is 0 Å². The van der Waals surface area contributed by atoms with Crippen molar-refractivity contribution in [2.24, 2.45) is 0 Å². The zero-order chi connectivity index (χ0) is 16.2. The van der Waals surface area contributed by atoms with Gasteiger partial charge < -0.3 is 10.4 Å². The van der Waals surface area contributed by atoms with Crippen molar-refractivity contribution in [3.05, 3.63) is 16.8 Å². The molecular weight excluding hydrogens is 294 g/mol. The molecule has 0 radical (unpaired) electrons. The molecule has 1 atom stereocenters. The molecule has 7 nitrogen and oxygen atoms in total. The molecule has 0 aliphatic carbocycles. The van der Waals surface area contributed by atoms with Crippen LogP contribution in [0.3, 0.4) is 0 Å². The SMILES string of the molecule is CCc1nnc(NC(C)CS(C)(=O)=O)c(C(=O)O)c1CC. The first kappa shape index (κ1) is 17.4. The van der Waals surface area contributed by atoms with Crippen LogP contribution in [0.4, 0.5) is 5.82 Å². The molecule has 21 heavy (non-hydrogen) atoms. The molecule has 1 rings (SSSR count). The number of rotatable bonds is 7. The Labute approximate surface area is 124 Å². The van der Waals surface area contributed by atoms with E-state index in [0.717, 1.165) is 6.26 Å².